The van der Waals surface area contributed by atoms with E-state index >= 15 is 0 Å². The molecule has 0 heterocycles. The maximum Gasteiger partial charge on any atom is 0.407 e. The van der Waals surface area contributed by atoms with E-state index in [1.807, 2.05) is 12.1 Å². The van der Waals surface area contributed by atoms with Gasteiger partial charge in [-0.15, -0.1) is 0 Å². The van der Waals surface area contributed by atoms with Gasteiger partial charge in [0.1, 0.15) is 0 Å². The summed E-state index contributed by atoms with van der Waals surface area (Å²) in [6, 6.07) is 21.0. The Morgan fingerprint density at radius 3 is 1.83 bits per heavy atom. The minimum Gasteiger partial charge on any atom is -0.388 e. The van der Waals surface area contributed by atoms with E-state index in [1.165, 1.54) is 23.2 Å². The lowest BCUT2D eigenvalue weighted by Crippen LogP contribution is -2.64. The van der Waals surface area contributed by atoms with E-state index in [0.717, 1.165) is 19.4 Å². The van der Waals surface area contributed by atoms with Crippen LogP contribution in [0.5, 0.6) is 0 Å². The molecule has 3 heteroatoms. The second kappa shape index (κ2) is 9.77. The molecule has 0 spiro atoms. The highest BCUT2D eigenvalue weighted by Crippen LogP contribution is 2.16. The van der Waals surface area contributed by atoms with E-state index in [0.29, 0.717) is 0 Å². The summed E-state index contributed by atoms with van der Waals surface area (Å²) in [6.45, 7) is 7.27. The van der Waals surface area contributed by atoms with Gasteiger partial charge in [0, 0.05) is 12.7 Å². The molecule has 0 radical (unpaired) electrons. The maximum atomic E-state index is 6.73. The van der Waals surface area contributed by atoms with E-state index in [1.54, 1.807) is 0 Å². The summed E-state index contributed by atoms with van der Waals surface area (Å²) >= 11 is 0. The molecular weight excluding hydrogens is 312 g/mol. The van der Waals surface area contributed by atoms with Crippen molar-refractivity contribution < 1.29 is 8.85 Å². The topological polar surface area (TPSA) is 18.5 Å². The van der Waals surface area contributed by atoms with Crippen molar-refractivity contribution in [3.05, 3.63) is 60.7 Å². The van der Waals surface area contributed by atoms with Crippen LogP contribution in [0.25, 0.3) is 0 Å². The lowest BCUT2D eigenvalue weighted by Gasteiger charge is -2.34. The molecule has 24 heavy (non-hydrogen) atoms. The van der Waals surface area contributed by atoms with Crippen molar-refractivity contribution in [1.82, 2.24) is 0 Å². The largest absolute Gasteiger partial charge is 0.407 e. The summed E-state index contributed by atoms with van der Waals surface area (Å²) in [6.07, 6.45) is 4.62. The second-order valence-corrected chi connectivity index (χ2v) is 9.18. The van der Waals surface area contributed by atoms with Crippen LogP contribution in [-0.2, 0) is 8.85 Å². The molecule has 0 aliphatic heterocycles. The third kappa shape index (κ3) is 4.79. The molecule has 1 atom stereocenters. The zero-order valence-electron chi connectivity index (χ0n) is 15.2. The van der Waals surface area contributed by atoms with E-state index in [2.05, 4.69) is 69.3 Å². The fourth-order valence-electron chi connectivity index (χ4n) is 2.90. The molecule has 1 unspecified atom stereocenters. The number of hydrogen-bond acceptors (Lipinski definition) is 2. The number of unbranched alkanes of at least 4 members (excludes halogenated alkanes) is 1. The summed E-state index contributed by atoms with van der Waals surface area (Å²) in [4.78, 5) is 0. The Labute approximate surface area is 148 Å². The van der Waals surface area contributed by atoms with Crippen molar-refractivity contribution in [3.8, 4) is 0 Å². The molecule has 0 amide bonds. The number of benzene rings is 2. The molecule has 0 bridgehead atoms. The Morgan fingerprint density at radius 2 is 1.38 bits per heavy atom. The number of hydrogen-bond donors (Lipinski definition) is 0. The van der Waals surface area contributed by atoms with Gasteiger partial charge in [0.15, 0.2) is 0 Å². The van der Waals surface area contributed by atoms with Crippen LogP contribution in [0.15, 0.2) is 60.7 Å². The van der Waals surface area contributed by atoms with Crippen molar-refractivity contribution in [2.45, 2.75) is 52.6 Å². The molecule has 0 aliphatic carbocycles. The van der Waals surface area contributed by atoms with Gasteiger partial charge in [-0.3, -0.25) is 0 Å². The van der Waals surface area contributed by atoms with E-state index in [-0.39, 0.29) is 6.10 Å². The van der Waals surface area contributed by atoms with Crippen LogP contribution in [0, 0.1) is 0 Å². The molecule has 0 aromatic heterocycles. The molecule has 0 aliphatic rings. The molecule has 0 N–H and O–H groups in total. The summed E-state index contributed by atoms with van der Waals surface area (Å²) in [5, 5.41) is 2.38. The van der Waals surface area contributed by atoms with Gasteiger partial charge in [0.2, 0.25) is 0 Å². The fourth-order valence-corrected chi connectivity index (χ4v) is 6.34. The summed E-state index contributed by atoms with van der Waals surface area (Å²) < 4.78 is 13.2. The van der Waals surface area contributed by atoms with Gasteiger partial charge in [-0.25, -0.2) is 0 Å². The third-order valence-electron chi connectivity index (χ3n) is 4.15. The first-order valence-electron chi connectivity index (χ1n) is 9.15. The van der Waals surface area contributed by atoms with E-state index < -0.39 is 8.56 Å². The molecule has 0 saturated heterocycles. The quantitative estimate of drug-likeness (QED) is 0.601. The first kappa shape index (κ1) is 18.9. The van der Waals surface area contributed by atoms with Crippen molar-refractivity contribution in [2.24, 2.45) is 0 Å². The predicted octanol–water partition coefficient (Wildman–Crippen LogP) is 4.26. The van der Waals surface area contributed by atoms with Crippen LogP contribution in [0.4, 0.5) is 0 Å². The van der Waals surface area contributed by atoms with Gasteiger partial charge in [0.05, 0.1) is 0 Å². The predicted molar refractivity (Wildman–Crippen MR) is 104 cm³/mol. The van der Waals surface area contributed by atoms with Gasteiger partial charge in [-0.1, -0.05) is 87.4 Å². The molecule has 2 rings (SSSR count). The van der Waals surface area contributed by atoms with Crippen LogP contribution >= 0.6 is 0 Å². The van der Waals surface area contributed by atoms with E-state index in [4.69, 9.17) is 8.85 Å². The van der Waals surface area contributed by atoms with Crippen molar-refractivity contribution >= 4 is 18.9 Å². The molecule has 0 fully saturated rings. The van der Waals surface area contributed by atoms with Crippen LogP contribution in [0.2, 0.25) is 0 Å². The molecule has 130 valence electrons. The third-order valence-corrected chi connectivity index (χ3v) is 7.68. The fraction of sp³-hybridized carbons (Fsp3) is 0.429. The zero-order valence-corrected chi connectivity index (χ0v) is 16.2. The Morgan fingerprint density at radius 1 is 0.833 bits per heavy atom. The minimum atomic E-state index is -2.68. The van der Waals surface area contributed by atoms with Crippen molar-refractivity contribution in [1.29, 1.82) is 0 Å². The monoisotopic (exact) mass is 342 g/mol. The zero-order chi connectivity index (χ0) is 17.3. The van der Waals surface area contributed by atoms with Gasteiger partial charge < -0.3 is 8.85 Å². The maximum absolute atomic E-state index is 6.73. The Hall–Kier alpha value is -1.42. The van der Waals surface area contributed by atoms with Crippen LogP contribution in [0.1, 0.15) is 46.5 Å². The summed E-state index contributed by atoms with van der Waals surface area (Å²) in [5.41, 5.74) is 0. The van der Waals surface area contributed by atoms with Crippen molar-refractivity contribution in [2.75, 3.05) is 6.61 Å². The summed E-state index contributed by atoms with van der Waals surface area (Å²) in [7, 11) is -2.68. The lowest BCUT2D eigenvalue weighted by molar-refractivity contribution is 0.134. The summed E-state index contributed by atoms with van der Waals surface area (Å²) in [5.74, 6) is 0. The Bertz CT molecular complexity index is 531. The first-order valence-corrected chi connectivity index (χ1v) is 11.0. The highest BCUT2D eigenvalue weighted by molar-refractivity contribution is 6.92. The molecule has 2 aromatic carbocycles. The first-order chi connectivity index (χ1) is 11.7. The standard InChI is InChI=1S/C21H30O2Si/c1-4-6-13-19(3)23-24(22-18-5-2,20-14-9-7-10-15-20)21-16-11-8-12-17-21/h7-12,14-17,19H,4-6,13,18H2,1-3H3. The molecular formula is C21H30O2Si. The average Bonchev–Trinajstić information content (AvgIpc) is 2.65. The average molecular weight is 343 g/mol. The molecule has 2 aromatic rings. The van der Waals surface area contributed by atoms with Gasteiger partial charge in [-0.2, -0.15) is 0 Å². The highest BCUT2D eigenvalue weighted by atomic mass is 28.4. The van der Waals surface area contributed by atoms with Gasteiger partial charge in [0.25, 0.3) is 0 Å². The molecule has 0 saturated carbocycles. The van der Waals surface area contributed by atoms with Crippen molar-refractivity contribution in [3.63, 3.8) is 0 Å². The second-order valence-electron chi connectivity index (χ2n) is 6.27. The van der Waals surface area contributed by atoms with Gasteiger partial charge >= 0.3 is 8.56 Å². The Balaban J connectivity index is 2.43. The lowest BCUT2D eigenvalue weighted by atomic mass is 10.2. The molecule has 2 nitrogen and oxygen atoms in total. The number of rotatable bonds is 10. The van der Waals surface area contributed by atoms with Crippen LogP contribution in [0.3, 0.4) is 0 Å². The minimum absolute atomic E-state index is 0.189. The van der Waals surface area contributed by atoms with Crippen LogP contribution < -0.4 is 10.4 Å². The van der Waals surface area contributed by atoms with Gasteiger partial charge in [-0.05, 0) is 30.1 Å². The van der Waals surface area contributed by atoms with E-state index in [9.17, 15) is 0 Å². The SMILES string of the molecule is CCCCC(C)O[Si](OCCC)(c1ccccc1)c1ccccc1. The van der Waals surface area contributed by atoms with Crippen LogP contribution in [-0.4, -0.2) is 21.3 Å². The normalized spacial score (nSPS) is 13.0. The highest BCUT2D eigenvalue weighted by Gasteiger charge is 2.43. The smallest absolute Gasteiger partial charge is 0.388 e. The Kier molecular flexibility index (Phi) is 7.70.